The van der Waals surface area contributed by atoms with Gasteiger partial charge in [-0.3, -0.25) is 0 Å². The fourth-order valence-electron chi connectivity index (χ4n) is 7.83. The zero-order valence-corrected chi connectivity index (χ0v) is 44.9. The zero-order valence-electron chi connectivity index (χ0n) is 43.2. The van der Waals surface area contributed by atoms with Gasteiger partial charge in [0.15, 0.2) is 0 Å². The molecule has 0 heterocycles. The molecule has 74 heavy (non-hydrogen) atoms. The van der Waals surface area contributed by atoms with Crippen molar-refractivity contribution in [2.45, 2.75) is 104 Å². The molecule has 0 radical (unpaired) electrons. The fourth-order valence-corrected chi connectivity index (χ4v) is 9.58. The first-order valence-corrected chi connectivity index (χ1v) is 28.3. The number of carbonyl (C=O) groups excluding carboxylic acids is 4. The van der Waals surface area contributed by atoms with Crippen LogP contribution >= 0.6 is 23.5 Å². The van der Waals surface area contributed by atoms with Crippen LogP contribution in [0.5, 0.6) is 23.0 Å². The number of carbonyl (C=O) groups is 4. The number of ether oxygens (including phenoxy) is 6. The molecule has 6 aromatic carbocycles. The Balaban J connectivity index is 0.792. The van der Waals surface area contributed by atoms with Gasteiger partial charge in [-0.1, -0.05) is 101 Å². The van der Waals surface area contributed by atoms with E-state index in [1.807, 2.05) is 85.9 Å². The molecule has 0 amide bonds. The molecular weight excluding hydrogens is 969 g/mol. The summed E-state index contributed by atoms with van der Waals surface area (Å²) in [6, 6.07) is 43.1. The van der Waals surface area contributed by atoms with E-state index < -0.39 is 11.9 Å². The van der Waals surface area contributed by atoms with E-state index >= 15 is 0 Å². The molecule has 390 valence electrons. The molecule has 0 aromatic heterocycles. The van der Waals surface area contributed by atoms with E-state index in [-0.39, 0.29) is 24.1 Å². The summed E-state index contributed by atoms with van der Waals surface area (Å²) >= 11 is 3.63. The second kappa shape index (κ2) is 31.3. The molecule has 0 saturated carbocycles. The lowest BCUT2D eigenvalue weighted by atomic mass is 10.0. The predicted molar refractivity (Wildman–Crippen MR) is 299 cm³/mol. The molecule has 0 aliphatic heterocycles. The van der Waals surface area contributed by atoms with Crippen molar-refractivity contribution in [2.24, 2.45) is 0 Å². The van der Waals surface area contributed by atoms with Gasteiger partial charge in [0.25, 0.3) is 0 Å². The average Bonchev–Trinajstić information content (AvgIpc) is 3.42. The summed E-state index contributed by atoms with van der Waals surface area (Å²) in [6.45, 7) is 9.34. The van der Waals surface area contributed by atoms with Crippen LogP contribution in [0.4, 0.5) is 0 Å². The number of hydrogen-bond acceptors (Lipinski definition) is 12. The zero-order chi connectivity index (χ0) is 52.3. The molecule has 0 N–H and O–H groups in total. The van der Waals surface area contributed by atoms with Crippen LogP contribution in [0.2, 0.25) is 0 Å². The molecule has 0 fully saturated rings. The van der Waals surface area contributed by atoms with Gasteiger partial charge in [0, 0.05) is 23.0 Å². The van der Waals surface area contributed by atoms with E-state index in [1.54, 1.807) is 97.1 Å². The molecule has 0 aliphatic carbocycles. The average molecular weight is 1040 g/mol. The topological polar surface area (TPSA) is 124 Å². The highest BCUT2D eigenvalue weighted by molar-refractivity contribution is 8.02. The molecule has 0 saturated heterocycles. The number of benzene rings is 6. The molecule has 0 bridgehead atoms. The van der Waals surface area contributed by atoms with Crippen molar-refractivity contribution in [2.75, 3.05) is 36.2 Å². The van der Waals surface area contributed by atoms with Crippen LogP contribution in [-0.4, -0.2) is 72.3 Å². The number of rotatable bonds is 31. The van der Waals surface area contributed by atoms with Crippen molar-refractivity contribution in [3.63, 3.8) is 0 Å². The van der Waals surface area contributed by atoms with Crippen molar-refractivity contribution in [1.82, 2.24) is 0 Å². The van der Waals surface area contributed by atoms with Crippen LogP contribution in [0, 0.1) is 0 Å². The lowest BCUT2D eigenvalue weighted by Crippen LogP contribution is -2.15. The first-order chi connectivity index (χ1) is 36.1. The van der Waals surface area contributed by atoms with Gasteiger partial charge in [0.1, 0.15) is 23.0 Å². The van der Waals surface area contributed by atoms with Gasteiger partial charge in [-0.15, -0.1) is 0 Å². The minimum absolute atomic E-state index is 0.113. The highest BCUT2D eigenvalue weighted by Crippen LogP contribution is 2.27. The lowest BCUT2D eigenvalue weighted by molar-refractivity contribution is 0.0309. The Bertz CT molecular complexity index is 2430. The Morgan fingerprint density at radius 2 is 0.662 bits per heavy atom. The van der Waals surface area contributed by atoms with Crippen LogP contribution < -0.4 is 18.9 Å². The third kappa shape index (κ3) is 19.4. The predicted octanol–water partition coefficient (Wildman–Crippen LogP) is 15.4. The number of thioether (sulfide) groups is 2. The first-order valence-electron chi connectivity index (χ1n) is 26.0. The molecule has 0 aliphatic rings. The Morgan fingerprint density at radius 1 is 0.365 bits per heavy atom. The molecule has 2 unspecified atom stereocenters. The summed E-state index contributed by atoms with van der Waals surface area (Å²) in [4.78, 5) is 51.0. The van der Waals surface area contributed by atoms with E-state index in [2.05, 4.69) is 13.8 Å². The van der Waals surface area contributed by atoms with Crippen LogP contribution in [0.1, 0.15) is 133 Å². The van der Waals surface area contributed by atoms with Crippen molar-refractivity contribution in [3.8, 4) is 45.3 Å². The van der Waals surface area contributed by atoms with E-state index in [4.69, 9.17) is 28.4 Å². The normalized spacial score (nSPS) is 11.8. The Morgan fingerprint density at radius 3 is 1.00 bits per heavy atom. The monoisotopic (exact) mass is 1040 g/mol. The molecule has 10 nitrogen and oxygen atoms in total. The highest BCUT2D eigenvalue weighted by Gasteiger charge is 2.16. The third-order valence-corrected chi connectivity index (χ3v) is 14.3. The van der Waals surface area contributed by atoms with Gasteiger partial charge in [0.2, 0.25) is 0 Å². The van der Waals surface area contributed by atoms with E-state index in [9.17, 15) is 19.2 Å². The number of esters is 4. The summed E-state index contributed by atoms with van der Waals surface area (Å²) in [7, 11) is 0. The van der Waals surface area contributed by atoms with E-state index in [0.717, 1.165) is 83.8 Å². The molecule has 6 rings (SSSR count). The fraction of sp³-hybridized carbons (Fsp3) is 0.355. The van der Waals surface area contributed by atoms with Crippen molar-refractivity contribution in [3.05, 3.63) is 168 Å². The molecule has 6 aromatic rings. The van der Waals surface area contributed by atoms with E-state index in [0.29, 0.717) is 58.5 Å². The summed E-state index contributed by atoms with van der Waals surface area (Å²) < 4.78 is 34.3. The summed E-state index contributed by atoms with van der Waals surface area (Å²) in [5, 5.41) is 0. The maximum Gasteiger partial charge on any atom is 0.343 e. The van der Waals surface area contributed by atoms with Gasteiger partial charge in [-0.25, -0.2) is 19.2 Å². The minimum Gasteiger partial charge on any atom is -0.493 e. The quantitative estimate of drug-likeness (QED) is 0.0234. The number of unbranched alkanes of at least 4 members (excludes halogenated alkanes) is 6. The smallest absolute Gasteiger partial charge is 0.343 e. The summed E-state index contributed by atoms with van der Waals surface area (Å²) in [6.07, 6.45) is 10.7. The van der Waals surface area contributed by atoms with Crippen LogP contribution in [0.3, 0.4) is 0 Å². The number of hydrogen-bond donors (Lipinski definition) is 0. The molecule has 0 spiro atoms. The summed E-state index contributed by atoms with van der Waals surface area (Å²) in [5.74, 6) is 4.31. The molecule has 12 heteroatoms. The summed E-state index contributed by atoms with van der Waals surface area (Å²) in [5.41, 5.74) is 5.62. The van der Waals surface area contributed by atoms with Crippen molar-refractivity contribution < 1.29 is 47.6 Å². The SMILES string of the molecule is CCCCCCC(C)OC(=O)c1ccc(-c2ccc(OC(=O)c3ccc(OCCSCCSCCOc4ccc(C(=O)Oc5ccc(-c6ccc(C(=O)OC(C)CCCCCC)cc6)cc5)cc4)cc3)cc2)cc1. The first kappa shape index (κ1) is 56.8. The Hall–Kier alpha value is -6.50. The van der Waals surface area contributed by atoms with Crippen LogP contribution in [0.25, 0.3) is 22.3 Å². The van der Waals surface area contributed by atoms with Gasteiger partial charge in [0.05, 0.1) is 47.7 Å². The molecule has 2 atom stereocenters. The minimum atomic E-state index is -0.458. The van der Waals surface area contributed by atoms with Gasteiger partial charge >= 0.3 is 23.9 Å². The second-order valence-corrected chi connectivity index (χ2v) is 20.5. The Labute approximate surface area is 446 Å². The Kier molecular flexibility index (Phi) is 24.0. The lowest BCUT2D eigenvalue weighted by Gasteiger charge is -2.13. The third-order valence-electron chi connectivity index (χ3n) is 12.1. The highest BCUT2D eigenvalue weighted by atomic mass is 32.2. The van der Waals surface area contributed by atoms with Crippen LogP contribution in [0.15, 0.2) is 146 Å². The van der Waals surface area contributed by atoms with Crippen molar-refractivity contribution >= 4 is 47.4 Å². The maximum absolute atomic E-state index is 12.9. The van der Waals surface area contributed by atoms with E-state index in [1.165, 1.54) is 25.7 Å². The van der Waals surface area contributed by atoms with Crippen molar-refractivity contribution in [1.29, 1.82) is 0 Å². The van der Waals surface area contributed by atoms with Crippen LogP contribution in [-0.2, 0) is 9.47 Å². The standard InChI is InChI=1S/C62H70O10S2/c1-5-7-9-11-13-45(3)69-59(63)51-19-15-47(16-20-51)49-23-35-57(36-24-49)71-61(65)53-27-31-55(32-28-53)67-39-41-73-43-44-74-42-40-68-56-33-29-54(30-34-56)62(66)72-58-37-25-50(26-38-58)48-17-21-52(22-18-48)60(64)70-46(4)14-12-10-8-6-2/h15-38,45-46H,5-14,39-44H2,1-4H3. The van der Waals surface area contributed by atoms with Gasteiger partial charge in [-0.05, 0) is 159 Å². The van der Waals surface area contributed by atoms with Gasteiger partial charge in [-0.2, -0.15) is 23.5 Å². The largest absolute Gasteiger partial charge is 0.493 e. The molecular formula is C62H70O10S2. The van der Waals surface area contributed by atoms with Gasteiger partial charge < -0.3 is 28.4 Å². The maximum atomic E-state index is 12.9. The second-order valence-electron chi connectivity index (χ2n) is 18.1.